The van der Waals surface area contributed by atoms with Crippen LogP contribution in [0.5, 0.6) is 0 Å². The molecule has 2 aromatic carbocycles. The van der Waals surface area contributed by atoms with Crippen LogP contribution < -0.4 is 10.2 Å². The normalized spacial score (nSPS) is 13.5. The number of carbonyl (C=O) groups is 2. The van der Waals surface area contributed by atoms with Gasteiger partial charge in [0.2, 0.25) is 0 Å². The first-order valence-corrected chi connectivity index (χ1v) is 8.78. The van der Waals surface area contributed by atoms with Crippen LogP contribution in [0.4, 0.5) is 5.69 Å². The number of amides is 2. The van der Waals surface area contributed by atoms with Gasteiger partial charge in [-0.2, -0.15) is 0 Å². The molecule has 2 aromatic rings. The number of rotatable bonds is 3. The van der Waals surface area contributed by atoms with Gasteiger partial charge in [-0.05, 0) is 69.5 Å². The molecule has 0 spiro atoms. The third-order valence-electron chi connectivity index (χ3n) is 4.39. The van der Waals surface area contributed by atoms with Crippen LogP contribution in [0.25, 0.3) is 0 Å². The highest BCUT2D eigenvalue weighted by atomic mass is 16.2. The first-order valence-electron chi connectivity index (χ1n) is 8.78. The number of fused-ring (bicyclic) bond motifs is 1. The Labute approximate surface area is 148 Å². The van der Waals surface area contributed by atoms with Gasteiger partial charge in [0.05, 0.1) is 0 Å². The number of hydrogen-bond donors (Lipinski definition) is 1. The Morgan fingerprint density at radius 2 is 1.88 bits per heavy atom. The fourth-order valence-electron chi connectivity index (χ4n) is 3.23. The summed E-state index contributed by atoms with van der Waals surface area (Å²) in [5.74, 6) is -0.0519. The van der Waals surface area contributed by atoms with Gasteiger partial charge in [-0.15, -0.1) is 0 Å². The van der Waals surface area contributed by atoms with Crippen molar-refractivity contribution in [2.75, 3.05) is 11.4 Å². The first-order chi connectivity index (χ1) is 12.0. The molecule has 0 fully saturated rings. The maximum atomic E-state index is 12.9. The summed E-state index contributed by atoms with van der Waals surface area (Å²) in [5, 5.41) is 2.91. The topological polar surface area (TPSA) is 49.4 Å². The number of nitrogens with one attached hydrogen (secondary N) is 1. The van der Waals surface area contributed by atoms with E-state index in [1.54, 1.807) is 6.07 Å². The minimum Gasteiger partial charge on any atom is -0.350 e. The maximum Gasteiger partial charge on any atom is 0.258 e. The molecule has 2 amide bonds. The van der Waals surface area contributed by atoms with Gasteiger partial charge in [-0.3, -0.25) is 9.59 Å². The van der Waals surface area contributed by atoms with E-state index in [0.717, 1.165) is 29.7 Å². The lowest BCUT2D eigenvalue weighted by Crippen LogP contribution is -2.36. The van der Waals surface area contributed by atoms with Crippen LogP contribution in [-0.4, -0.2) is 24.4 Å². The fraction of sp³-hybridized carbons (Fsp3) is 0.333. The van der Waals surface area contributed by atoms with Crippen molar-refractivity contribution >= 4 is 17.5 Å². The molecule has 1 heterocycles. The number of carbonyl (C=O) groups excluding carboxylic acids is 2. The lowest BCUT2D eigenvalue weighted by atomic mass is 9.98. The zero-order chi connectivity index (χ0) is 18.0. The average molecular weight is 336 g/mol. The lowest BCUT2D eigenvalue weighted by Gasteiger charge is -2.30. The van der Waals surface area contributed by atoms with Crippen LogP contribution in [-0.2, 0) is 6.42 Å². The number of nitrogens with zero attached hydrogens (tertiary/aromatic N) is 1. The highest BCUT2D eigenvalue weighted by molar-refractivity contribution is 6.07. The molecule has 4 heteroatoms. The second-order valence-electron chi connectivity index (χ2n) is 6.90. The number of benzene rings is 2. The van der Waals surface area contributed by atoms with Gasteiger partial charge >= 0.3 is 0 Å². The number of aryl methyl sites for hydroxylation is 2. The largest absolute Gasteiger partial charge is 0.350 e. The van der Waals surface area contributed by atoms with E-state index in [-0.39, 0.29) is 17.9 Å². The van der Waals surface area contributed by atoms with Crippen LogP contribution in [0.2, 0.25) is 0 Å². The van der Waals surface area contributed by atoms with Gasteiger partial charge in [0, 0.05) is 29.4 Å². The second-order valence-corrected chi connectivity index (χ2v) is 6.90. The molecule has 1 aliphatic heterocycles. The molecule has 1 N–H and O–H groups in total. The standard InChI is InChI=1S/C21H24N2O2/c1-14(2)22-20(24)17-9-10-19-16(13-17)8-5-11-23(19)21(25)18-7-4-6-15(3)12-18/h4,6-7,9-10,12-14H,5,8,11H2,1-3H3,(H,22,24). The Bertz CT molecular complexity index is 811. The summed E-state index contributed by atoms with van der Waals surface area (Å²) in [7, 11) is 0. The molecule has 130 valence electrons. The SMILES string of the molecule is Cc1cccc(C(=O)N2CCCc3cc(C(=O)NC(C)C)ccc32)c1. The molecule has 25 heavy (non-hydrogen) atoms. The van der Waals surface area contributed by atoms with E-state index < -0.39 is 0 Å². The number of hydrogen-bond acceptors (Lipinski definition) is 2. The molecule has 3 rings (SSSR count). The third-order valence-corrected chi connectivity index (χ3v) is 4.39. The second kappa shape index (κ2) is 7.09. The molecular formula is C21H24N2O2. The molecule has 0 bridgehead atoms. The van der Waals surface area contributed by atoms with Crippen LogP contribution in [0.1, 0.15) is 52.1 Å². The minimum absolute atomic E-state index is 0.0176. The van der Waals surface area contributed by atoms with Gasteiger partial charge in [0.25, 0.3) is 11.8 Å². The summed E-state index contributed by atoms with van der Waals surface area (Å²) < 4.78 is 0. The predicted octanol–water partition coefficient (Wildman–Crippen LogP) is 3.73. The van der Waals surface area contributed by atoms with E-state index in [2.05, 4.69) is 5.32 Å². The van der Waals surface area contributed by atoms with E-state index >= 15 is 0 Å². The van der Waals surface area contributed by atoms with Crippen molar-refractivity contribution in [3.05, 3.63) is 64.7 Å². The monoisotopic (exact) mass is 336 g/mol. The summed E-state index contributed by atoms with van der Waals surface area (Å²) in [5.41, 5.74) is 4.40. The van der Waals surface area contributed by atoms with Crippen LogP contribution in [0.15, 0.2) is 42.5 Å². The van der Waals surface area contributed by atoms with E-state index in [4.69, 9.17) is 0 Å². The van der Waals surface area contributed by atoms with Crippen LogP contribution in [0, 0.1) is 6.92 Å². The van der Waals surface area contributed by atoms with E-state index in [0.29, 0.717) is 17.7 Å². The maximum absolute atomic E-state index is 12.9. The van der Waals surface area contributed by atoms with Crippen molar-refractivity contribution in [1.29, 1.82) is 0 Å². The van der Waals surface area contributed by atoms with Crippen LogP contribution in [0.3, 0.4) is 0 Å². The predicted molar refractivity (Wildman–Crippen MR) is 100 cm³/mol. The smallest absolute Gasteiger partial charge is 0.258 e. The average Bonchev–Trinajstić information content (AvgIpc) is 2.59. The third kappa shape index (κ3) is 3.73. The highest BCUT2D eigenvalue weighted by Crippen LogP contribution is 2.29. The molecule has 0 saturated heterocycles. The van der Waals surface area contributed by atoms with Gasteiger partial charge in [0.15, 0.2) is 0 Å². The Morgan fingerprint density at radius 3 is 2.60 bits per heavy atom. The van der Waals surface area contributed by atoms with E-state index in [1.165, 1.54) is 0 Å². The van der Waals surface area contributed by atoms with Crippen molar-refractivity contribution in [2.24, 2.45) is 0 Å². The van der Waals surface area contributed by atoms with Gasteiger partial charge in [-0.25, -0.2) is 0 Å². The quantitative estimate of drug-likeness (QED) is 0.928. The summed E-state index contributed by atoms with van der Waals surface area (Å²) in [6.07, 6.45) is 1.79. The molecule has 0 radical (unpaired) electrons. The first kappa shape index (κ1) is 17.2. The Balaban J connectivity index is 1.89. The van der Waals surface area contributed by atoms with E-state index in [9.17, 15) is 9.59 Å². The molecule has 0 unspecified atom stereocenters. The molecule has 4 nitrogen and oxygen atoms in total. The molecule has 0 atom stereocenters. The molecule has 0 aliphatic carbocycles. The molecular weight excluding hydrogens is 312 g/mol. The highest BCUT2D eigenvalue weighted by Gasteiger charge is 2.24. The molecule has 1 aliphatic rings. The summed E-state index contributed by atoms with van der Waals surface area (Å²) in [6, 6.07) is 13.4. The summed E-state index contributed by atoms with van der Waals surface area (Å²) in [6.45, 7) is 6.58. The summed E-state index contributed by atoms with van der Waals surface area (Å²) >= 11 is 0. The fourth-order valence-corrected chi connectivity index (χ4v) is 3.23. The molecule has 0 saturated carbocycles. The van der Waals surface area contributed by atoms with Crippen LogP contribution >= 0.6 is 0 Å². The zero-order valence-corrected chi connectivity index (χ0v) is 15.0. The minimum atomic E-state index is -0.0695. The Kier molecular flexibility index (Phi) is 4.88. The van der Waals surface area contributed by atoms with Gasteiger partial charge < -0.3 is 10.2 Å². The van der Waals surface area contributed by atoms with E-state index in [1.807, 2.05) is 62.1 Å². The van der Waals surface area contributed by atoms with Gasteiger partial charge in [0.1, 0.15) is 0 Å². The number of anilines is 1. The van der Waals surface area contributed by atoms with Gasteiger partial charge in [-0.1, -0.05) is 17.7 Å². The van der Waals surface area contributed by atoms with Crippen molar-refractivity contribution in [2.45, 2.75) is 39.7 Å². The van der Waals surface area contributed by atoms with Crippen molar-refractivity contribution in [1.82, 2.24) is 5.32 Å². The Hall–Kier alpha value is -2.62. The van der Waals surface area contributed by atoms with Crippen molar-refractivity contribution in [3.8, 4) is 0 Å². The molecule has 0 aromatic heterocycles. The summed E-state index contributed by atoms with van der Waals surface area (Å²) in [4.78, 5) is 27.0. The van der Waals surface area contributed by atoms with Crippen molar-refractivity contribution in [3.63, 3.8) is 0 Å². The Morgan fingerprint density at radius 1 is 1.08 bits per heavy atom. The lowest BCUT2D eigenvalue weighted by molar-refractivity contribution is 0.0942. The van der Waals surface area contributed by atoms with Crippen molar-refractivity contribution < 1.29 is 9.59 Å². The zero-order valence-electron chi connectivity index (χ0n) is 15.0.